The lowest BCUT2D eigenvalue weighted by atomic mass is 10.2. The van der Waals surface area contributed by atoms with Crippen molar-refractivity contribution in [1.29, 1.82) is 0 Å². The fourth-order valence-electron chi connectivity index (χ4n) is 1.54. The Morgan fingerprint density at radius 1 is 1.50 bits per heavy atom. The highest BCUT2D eigenvalue weighted by Gasteiger charge is 2.11. The monoisotopic (exact) mass is 248 g/mol. The number of amides is 1. The SMILES string of the molecule is Cn1ccc(CNC(=O)c2ccc(N)cc2F)n1. The smallest absolute Gasteiger partial charge is 0.254 e. The first-order valence-corrected chi connectivity index (χ1v) is 5.38. The van der Waals surface area contributed by atoms with Gasteiger partial charge in [0.2, 0.25) is 0 Å². The van der Waals surface area contributed by atoms with E-state index < -0.39 is 11.7 Å². The summed E-state index contributed by atoms with van der Waals surface area (Å²) in [6.07, 6.45) is 1.77. The van der Waals surface area contributed by atoms with Crippen molar-refractivity contribution in [1.82, 2.24) is 15.1 Å². The average molecular weight is 248 g/mol. The molecule has 0 saturated heterocycles. The van der Waals surface area contributed by atoms with Crippen molar-refractivity contribution in [3.63, 3.8) is 0 Å². The molecule has 0 aliphatic heterocycles. The van der Waals surface area contributed by atoms with E-state index in [9.17, 15) is 9.18 Å². The molecule has 1 heterocycles. The summed E-state index contributed by atoms with van der Waals surface area (Å²) in [4.78, 5) is 11.7. The van der Waals surface area contributed by atoms with Crippen molar-refractivity contribution in [2.75, 3.05) is 5.73 Å². The van der Waals surface area contributed by atoms with Gasteiger partial charge in [-0.05, 0) is 24.3 Å². The number of nitrogens with two attached hydrogens (primary N) is 1. The van der Waals surface area contributed by atoms with Crippen molar-refractivity contribution in [2.24, 2.45) is 7.05 Å². The second kappa shape index (κ2) is 4.87. The Kier molecular flexibility index (Phi) is 3.27. The molecule has 0 unspecified atom stereocenters. The first-order valence-electron chi connectivity index (χ1n) is 5.38. The third-order valence-corrected chi connectivity index (χ3v) is 2.44. The minimum Gasteiger partial charge on any atom is -0.399 e. The van der Waals surface area contributed by atoms with Gasteiger partial charge in [0, 0.05) is 18.9 Å². The van der Waals surface area contributed by atoms with Gasteiger partial charge in [-0.2, -0.15) is 5.10 Å². The van der Waals surface area contributed by atoms with Crippen LogP contribution in [-0.2, 0) is 13.6 Å². The molecule has 0 saturated carbocycles. The van der Waals surface area contributed by atoms with E-state index in [2.05, 4.69) is 10.4 Å². The van der Waals surface area contributed by atoms with E-state index in [0.717, 1.165) is 6.07 Å². The van der Waals surface area contributed by atoms with Crippen LogP contribution in [0.15, 0.2) is 30.5 Å². The zero-order chi connectivity index (χ0) is 13.1. The average Bonchev–Trinajstić information content (AvgIpc) is 2.72. The van der Waals surface area contributed by atoms with Crippen molar-refractivity contribution >= 4 is 11.6 Å². The summed E-state index contributed by atoms with van der Waals surface area (Å²) < 4.78 is 15.1. The number of hydrogen-bond acceptors (Lipinski definition) is 3. The Hall–Kier alpha value is -2.37. The Labute approximate surface area is 103 Å². The van der Waals surface area contributed by atoms with Crippen LogP contribution in [0.4, 0.5) is 10.1 Å². The van der Waals surface area contributed by atoms with E-state index in [-0.39, 0.29) is 17.8 Å². The van der Waals surface area contributed by atoms with E-state index in [1.165, 1.54) is 12.1 Å². The van der Waals surface area contributed by atoms with Crippen LogP contribution in [0.25, 0.3) is 0 Å². The summed E-state index contributed by atoms with van der Waals surface area (Å²) in [5.41, 5.74) is 6.38. The number of nitrogens with one attached hydrogen (secondary N) is 1. The summed E-state index contributed by atoms with van der Waals surface area (Å²) in [5.74, 6) is -1.12. The minimum atomic E-state index is -0.631. The van der Waals surface area contributed by atoms with Crippen molar-refractivity contribution in [3.8, 4) is 0 Å². The summed E-state index contributed by atoms with van der Waals surface area (Å²) in [6.45, 7) is 0.253. The number of nitrogens with zero attached hydrogens (tertiary/aromatic N) is 2. The molecule has 0 aliphatic rings. The topological polar surface area (TPSA) is 72.9 Å². The molecule has 2 aromatic rings. The number of halogens is 1. The van der Waals surface area contributed by atoms with Crippen LogP contribution in [0.2, 0.25) is 0 Å². The quantitative estimate of drug-likeness (QED) is 0.798. The normalized spacial score (nSPS) is 10.3. The van der Waals surface area contributed by atoms with Gasteiger partial charge in [-0.1, -0.05) is 0 Å². The lowest BCUT2D eigenvalue weighted by molar-refractivity contribution is 0.0946. The van der Waals surface area contributed by atoms with Crippen molar-refractivity contribution in [3.05, 3.63) is 47.5 Å². The van der Waals surface area contributed by atoms with E-state index in [0.29, 0.717) is 5.69 Å². The molecule has 2 rings (SSSR count). The van der Waals surface area contributed by atoms with Crippen molar-refractivity contribution in [2.45, 2.75) is 6.54 Å². The summed E-state index contributed by atoms with van der Waals surface area (Å²) >= 11 is 0. The third-order valence-electron chi connectivity index (χ3n) is 2.44. The van der Waals surface area contributed by atoms with E-state index in [1.807, 2.05) is 0 Å². The molecule has 6 heteroatoms. The first kappa shape index (κ1) is 12.1. The fraction of sp³-hybridized carbons (Fsp3) is 0.167. The molecule has 18 heavy (non-hydrogen) atoms. The van der Waals surface area contributed by atoms with Crippen LogP contribution in [0.3, 0.4) is 0 Å². The maximum Gasteiger partial charge on any atom is 0.254 e. The Morgan fingerprint density at radius 2 is 2.28 bits per heavy atom. The zero-order valence-electron chi connectivity index (χ0n) is 9.85. The Morgan fingerprint density at radius 3 is 2.89 bits per heavy atom. The summed E-state index contributed by atoms with van der Waals surface area (Å²) in [7, 11) is 1.78. The number of aromatic nitrogens is 2. The number of nitrogen functional groups attached to an aromatic ring is 1. The molecule has 0 radical (unpaired) electrons. The molecular weight excluding hydrogens is 235 g/mol. The standard InChI is InChI=1S/C12H13FN4O/c1-17-5-4-9(16-17)7-15-12(18)10-3-2-8(14)6-11(10)13/h2-6H,7,14H2,1H3,(H,15,18). The van der Waals surface area contributed by atoms with Gasteiger partial charge in [-0.15, -0.1) is 0 Å². The van der Waals surface area contributed by atoms with Crippen LogP contribution >= 0.6 is 0 Å². The number of carbonyl (C=O) groups excluding carboxylic acids is 1. The van der Waals surface area contributed by atoms with Gasteiger partial charge in [0.25, 0.3) is 5.91 Å². The summed E-state index contributed by atoms with van der Waals surface area (Å²) in [5, 5.41) is 6.69. The Bertz CT molecular complexity index is 579. The second-order valence-electron chi connectivity index (χ2n) is 3.90. The van der Waals surface area contributed by atoms with Crippen LogP contribution < -0.4 is 11.1 Å². The highest BCUT2D eigenvalue weighted by molar-refractivity contribution is 5.94. The number of carbonyl (C=O) groups is 1. The number of hydrogen-bond donors (Lipinski definition) is 2. The Balaban J connectivity index is 2.03. The number of aryl methyl sites for hydroxylation is 1. The molecular formula is C12H13FN4O. The van der Waals surface area contributed by atoms with Crippen LogP contribution in [0.1, 0.15) is 16.1 Å². The third kappa shape index (κ3) is 2.65. The molecule has 0 bridgehead atoms. The molecule has 0 spiro atoms. The molecule has 1 aromatic heterocycles. The van der Waals surface area contributed by atoms with Crippen molar-refractivity contribution < 1.29 is 9.18 Å². The first-order chi connectivity index (χ1) is 8.56. The predicted molar refractivity (Wildman–Crippen MR) is 65.2 cm³/mol. The van der Waals surface area contributed by atoms with Gasteiger partial charge in [0.05, 0.1) is 17.8 Å². The van der Waals surface area contributed by atoms with Gasteiger partial charge < -0.3 is 11.1 Å². The maximum atomic E-state index is 13.5. The highest BCUT2D eigenvalue weighted by Crippen LogP contribution is 2.11. The molecule has 1 aromatic carbocycles. The van der Waals surface area contributed by atoms with E-state index in [1.54, 1.807) is 24.0 Å². The molecule has 0 atom stereocenters. The van der Waals surface area contributed by atoms with Gasteiger partial charge in [0.15, 0.2) is 0 Å². The molecule has 1 amide bonds. The lowest BCUT2D eigenvalue weighted by Crippen LogP contribution is -2.24. The minimum absolute atomic E-state index is 0.0277. The largest absolute Gasteiger partial charge is 0.399 e. The van der Waals surface area contributed by atoms with Crippen LogP contribution in [-0.4, -0.2) is 15.7 Å². The van der Waals surface area contributed by atoms with Gasteiger partial charge in [-0.25, -0.2) is 4.39 Å². The van der Waals surface area contributed by atoms with E-state index >= 15 is 0 Å². The number of rotatable bonds is 3. The second-order valence-corrected chi connectivity index (χ2v) is 3.90. The molecule has 5 nitrogen and oxygen atoms in total. The molecule has 0 aliphatic carbocycles. The molecule has 3 N–H and O–H groups in total. The van der Waals surface area contributed by atoms with Gasteiger partial charge in [-0.3, -0.25) is 9.48 Å². The number of benzene rings is 1. The van der Waals surface area contributed by atoms with Gasteiger partial charge in [0.1, 0.15) is 5.82 Å². The highest BCUT2D eigenvalue weighted by atomic mass is 19.1. The number of anilines is 1. The molecule has 0 fully saturated rings. The predicted octanol–water partition coefficient (Wildman–Crippen LogP) is 1.07. The van der Waals surface area contributed by atoms with Crippen LogP contribution in [0.5, 0.6) is 0 Å². The maximum absolute atomic E-state index is 13.5. The van der Waals surface area contributed by atoms with E-state index in [4.69, 9.17) is 5.73 Å². The van der Waals surface area contributed by atoms with Crippen LogP contribution in [0, 0.1) is 5.82 Å². The lowest BCUT2D eigenvalue weighted by Gasteiger charge is -2.05. The summed E-state index contributed by atoms with van der Waals surface area (Å²) in [6, 6.07) is 5.74. The zero-order valence-corrected chi connectivity index (χ0v) is 9.85. The molecule has 94 valence electrons. The van der Waals surface area contributed by atoms with Gasteiger partial charge >= 0.3 is 0 Å². The fourth-order valence-corrected chi connectivity index (χ4v) is 1.54.